The number of carbonyl (C=O) groups is 3. The van der Waals surface area contributed by atoms with Crippen molar-refractivity contribution in [2.24, 2.45) is 0 Å². The van der Waals surface area contributed by atoms with Crippen LogP contribution in [0.15, 0.2) is 72.9 Å². The highest BCUT2D eigenvalue weighted by molar-refractivity contribution is 5.71. The highest BCUT2D eigenvalue weighted by Crippen LogP contribution is 2.15. The van der Waals surface area contributed by atoms with Gasteiger partial charge in [-0.3, -0.25) is 14.4 Å². The maximum Gasteiger partial charge on any atom is 0.306 e. The molecule has 0 aliphatic rings. The van der Waals surface area contributed by atoms with Crippen LogP contribution in [0.2, 0.25) is 0 Å². The molecule has 0 amide bonds. The van der Waals surface area contributed by atoms with E-state index in [4.69, 9.17) is 14.2 Å². The van der Waals surface area contributed by atoms with Gasteiger partial charge in [0.25, 0.3) is 0 Å². The van der Waals surface area contributed by atoms with Gasteiger partial charge >= 0.3 is 17.9 Å². The minimum Gasteiger partial charge on any atom is -0.462 e. The van der Waals surface area contributed by atoms with E-state index < -0.39 is 6.10 Å². The Bertz CT molecular complexity index is 1260. The second-order valence-electron chi connectivity index (χ2n) is 18.9. The van der Waals surface area contributed by atoms with Crippen molar-refractivity contribution >= 4 is 17.9 Å². The standard InChI is InChI=1S/C61H106O6/c1-4-7-10-13-16-19-22-25-27-29-30-32-33-36-39-42-45-48-51-54-60(63)66-57-58(56-65-59(62)53-50-47-44-41-38-35-24-21-18-15-12-9-6-3)67-61(64)55-52-49-46-43-40-37-34-31-28-26-23-20-17-14-11-8-5-2/h16-17,19-20,22,25-26,28,35,38,44,47,58H,4-15,18,21,23-24,27,29-34,36-37,39-43,45-46,48-57H2,1-3H3/b19-16-,20-17-,25-22-,28-26-,38-35-,47-44-. The molecular weight excluding hydrogens is 829 g/mol. The molecule has 6 nitrogen and oxygen atoms in total. The summed E-state index contributed by atoms with van der Waals surface area (Å²) < 4.78 is 16.8. The molecule has 386 valence electrons. The number of carbonyl (C=O) groups excluding carboxylic acids is 3. The molecule has 0 rings (SSSR count). The molecule has 1 unspecified atom stereocenters. The van der Waals surface area contributed by atoms with Crippen molar-refractivity contribution in [2.75, 3.05) is 13.2 Å². The molecule has 0 aliphatic heterocycles. The van der Waals surface area contributed by atoms with Gasteiger partial charge in [0.1, 0.15) is 13.2 Å². The first-order valence-corrected chi connectivity index (χ1v) is 28.5. The molecule has 0 spiro atoms. The van der Waals surface area contributed by atoms with Gasteiger partial charge in [-0.1, -0.05) is 235 Å². The largest absolute Gasteiger partial charge is 0.462 e. The zero-order chi connectivity index (χ0) is 48.6. The number of hydrogen-bond donors (Lipinski definition) is 0. The number of unbranched alkanes of at least 4 members (excludes halogenated alkanes) is 29. The average molecular weight is 936 g/mol. The van der Waals surface area contributed by atoms with Crippen LogP contribution in [0, 0.1) is 0 Å². The van der Waals surface area contributed by atoms with Crippen molar-refractivity contribution < 1.29 is 28.6 Å². The summed E-state index contributed by atoms with van der Waals surface area (Å²) in [5, 5.41) is 0. The monoisotopic (exact) mass is 935 g/mol. The molecule has 0 aromatic carbocycles. The van der Waals surface area contributed by atoms with E-state index in [2.05, 4.69) is 87.6 Å². The van der Waals surface area contributed by atoms with Crippen LogP contribution >= 0.6 is 0 Å². The third kappa shape index (κ3) is 53.7. The second-order valence-corrected chi connectivity index (χ2v) is 18.9. The first kappa shape index (κ1) is 63.8. The van der Waals surface area contributed by atoms with Crippen molar-refractivity contribution in [3.05, 3.63) is 72.9 Å². The summed E-state index contributed by atoms with van der Waals surface area (Å²) in [5.74, 6) is -0.972. The van der Waals surface area contributed by atoms with Crippen LogP contribution in [0.3, 0.4) is 0 Å². The summed E-state index contributed by atoms with van der Waals surface area (Å²) >= 11 is 0. The highest BCUT2D eigenvalue weighted by atomic mass is 16.6. The minimum atomic E-state index is -0.803. The molecule has 0 saturated carbocycles. The Morgan fingerprint density at radius 3 is 1.03 bits per heavy atom. The minimum absolute atomic E-state index is 0.0970. The maximum absolute atomic E-state index is 12.8. The predicted octanol–water partition coefficient (Wildman–Crippen LogP) is 19.0. The molecule has 0 N–H and O–H groups in total. The summed E-state index contributed by atoms with van der Waals surface area (Å²) in [6, 6.07) is 0. The van der Waals surface area contributed by atoms with Crippen LogP contribution < -0.4 is 0 Å². The molecule has 0 aromatic heterocycles. The number of rotatable bonds is 51. The Morgan fingerprint density at radius 1 is 0.313 bits per heavy atom. The van der Waals surface area contributed by atoms with Gasteiger partial charge in [0.15, 0.2) is 6.10 Å². The molecule has 67 heavy (non-hydrogen) atoms. The Labute approximate surface area is 414 Å². The molecular formula is C61H106O6. The van der Waals surface area contributed by atoms with Crippen LogP contribution in [0.4, 0.5) is 0 Å². The molecule has 6 heteroatoms. The Kier molecular flexibility index (Phi) is 52.8. The quantitative estimate of drug-likeness (QED) is 0.0199. The molecule has 0 fully saturated rings. The van der Waals surface area contributed by atoms with Crippen molar-refractivity contribution in [3.63, 3.8) is 0 Å². The fraction of sp³-hybridized carbons (Fsp3) is 0.754. The van der Waals surface area contributed by atoms with Gasteiger partial charge in [-0.2, -0.15) is 0 Å². The van der Waals surface area contributed by atoms with Crippen LogP contribution in [0.25, 0.3) is 0 Å². The van der Waals surface area contributed by atoms with E-state index in [1.165, 1.54) is 167 Å². The van der Waals surface area contributed by atoms with E-state index >= 15 is 0 Å². The van der Waals surface area contributed by atoms with Crippen molar-refractivity contribution in [2.45, 2.75) is 284 Å². The van der Waals surface area contributed by atoms with E-state index in [-0.39, 0.29) is 37.5 Å². The zero-order valence-electron chi connectivity index (χ0n) is 44.2. The van der Waals surface area contributed by atoms with Crippen molar-refractivity contribution in [1.29, 1.82) is 0 Å². The van der Waals surface area contributed by atoms with Gasteiger partial charge in [-0.25, -0.2) is 0 Å². The lowest BCUT2D eigenvalue weighted by Gasteiger charge is -2.18. The van der Waals surface area contributed by atoms with Gasteiger partial charge in [-0.15, -0.1) is 0 Å². The van der Waals surface area contributed by atoms with Crippen LogP contribution in [-0.4, -0.2) is 37.2 Å². The van der Waals surface area contributed by atoms with E-state index in [1.54, 1.807) is 0 Å². The number of hydrogen-bond acceptors (Lipinski definition) is 6. The van der Waals surface area contributed by atoms with Crippen molar-refractivity contribution in [1.82, 2.24) is 0 Å². The SMILES string of the molecule is CCCCC/C=C\C=C/CCCCCCCCCCCCC(=O)OCC(COC(=O)CC/C=C\C/C=C\CCCCCCCC)OC(=O)CCCCCCCCC/C=C\C/C=C\CCCCC. The number of esters is 3. The Morgan fingerprint density at radius 2 is 0.612 bits per heavy atom. The van der Waals surface area contributed by atoms with Gasteiger partial charge in [0.2, 0.25) is 0 Å². The Hall–Kier alpha value is -3.15. The third-order valence-electron chi connectivity index (χ3n) is 12.2. The lowest BCUT2D eigenvalue weighted by atomic mass is 10.1. The van der Waals surface area contributed by atoms with E-state index in [0.29, 0.717) is 19.3 Å². The van der Waals surface area contributed by atoms with Gasteiger partial charge in [0, 0.05) is 19.3 Å². The molecule has 0 radical (unpaired) electrons. The van der Waals surface area contributed by atoms with Crippen LogP contribution in [0.1, 0.15) is 278 Å². The molecule has 0 saturated heterocycles. The lowest BCUT2D eigenvalue weighted by molar-refractivity contribution is -0.166. The summed E-state index contributed by atoms with van der Waals surface area (Å²) in [7, 11) is 0. The maximum atomic E-state index is 12.8. The first-order valence-electron chi connectivity index (χ1n) is 28.5. The lowest BCUT2D eigenvalue weighted by Crippen LogP contribution is -2.30. The Balaban J connectivity index is 4.42. The molecule has 0 aromatic rings. The fourth-order valence-electron chi connectivity index (χ4n) is 7.87. The summed E-state index contributed by atoms with van der Waals surface area (Å²) in [6.45, 7) is 6.53. The average Bonchev–Trinajstić information content (AvgIpc) is 3.33. The first-order chi connectivity index (χ1) is 33.0. The van der Waals surface area contributed by atoms with Crippen LogP contribution in [-0.2, 0) is 28.6 Å². The number of ether oxygens (including phenoxy) is 3. The van der Waals surface area contributed by atoms with E-state index in [1.807, 2.05) is 6.08 Å². The van der Waals surface area contributed by atoms with E-state index in [0.717, 1.165) is 64.2 Å². The zero-order valence-corrected chi connectivity index (χ0v) is 44.2. The normalized spacial score (nSPS) is 12.6. The van der Waals surface area contributed by atoms with Crippen LogP contribution in [0.5, 0.6) is 0 Å². The van der Waals surface area contributed by atoms with Gasteiger partial charge in [-0.05, 0) is 96.3 Å². The van der Waals surface area contributed by atoms with E-state index in [9.17, 15) is 14.4 Å². The summed E-state index contributed by atoms with van der Waals surface area (Å²) in [4.78, 5) is 38.1. The number of allylic oxidation sites excluding steroid dienone is 12. The summed E-state index contributed by atoms with van der Waals surface area (Å²) in [6.07, 6.45) is 70.4. The second kappa shape index (κ2) is 55.4. The highest BCUT2D eigenvalue weighted by Gasteiger charge is 2.19. The molecule has 0 heterocycles. The molecule has 1 atom stereocenters. The predicted molar refractivity (Wildman–Crippen MR) is 288 cm³/mol. The molecule has 0 aliphatic carbocycles. The smallest absolute Gasteiger partial charge is 0.306 e. The van der Waals surface area contributed by atoms with Gasteiger partial charge < -0.3 is 14.2 Å². The topological polar surface area (TPSA) is 78.9 Å². The summed E-state index contributed by atoms with van der Waals surface area (Å²) in [5.41, 5.74) is 0. The third-order valence-corrected chi connectivity index (χ3v) is 12.2. The fourth-order valence-corrected chi connectivity index (χ4v) is 7.87. The van der Waals surface area contributed by atoms with Gasteiger partial charge in [0.05, 0.1) is 0 Å². The van der Waals surface area contributed by atoms with Crippen molar-refractivity contribution in [3.8, 4) is 0 Å². The molecule has 0 bridgehead atoms.